The van der Waals surface area contributed by atoms with Gasteiger partial charge in [-0.15, -0.1) is 0 Å². The van der Waals surface area contributed by atoms with Gasteiger partial charge in [-0.05, 0) is 44.2 Å². The van der Waals surface area contributed by atoms with Gasteiger partial charge in [0, 0.05) is 5.56 Å². The maximum atomic E-state index is 5.56. The molecular formula is C19H23NO4. The van der Waals surface area contributed by atoms with E-state index in [2.05, 4.69) is 5.16 Å². The molecule has 24 heavy (non-hydrogen) atoms. The van der Waals surface area contributed by atoms with Gasteiger partial charge in [0.1, 0.15) is 12.4 Å². The fourth-order valence-electron chi connectivity index (χ4n) is 2.02. The van der Waals surface area contributed by atoms with Gasteiger partial charge < -0.3 is 19.0 Å². The van der Waals surface area contributed by atoms with Crippen LogP contribution in [0.25, 0.3) is 0 Å². The predicted octanol–water partition coefficient (Wildman–Crippen LogP) is 3.83. The standard InChI is InChI=1S/C19H23NO4/c1-4-22-18-10-7-16(13-19(18)21-3)14-20-24-12-11-23-17-8-5-15(2)6-9-17/h5-10,13-14H,4,11-12H2,1-3H3/b20-14+. The molecule has 0 aliphatic heterocycles. The smallest absolute Gasteiger partial charge is 0.161 e. The minimum atomic E-state index is 0.374. The molecule has 0 radical (unpaired) electrons. The Kier molecular flexibility index (Phi) is 6.95. The Morgan fingerprint density at radius 1 is 0.958 bits per heavy atom. The highest BCUT2D eigenvalue weighted by molar-refractivity contribution is 5.80. The Hall–Kier alpha value is -2.69. The summed E-state index contributed by atoms with van der Waals surface area (Å²) in [5, 5.41) is 3.94. The van der Waals surface area contributed by atoms with E-state index in [9.17, 15) is 0 Å². The summed E-state index contributed by atoms with van der Waals surface area (Å²) in [7, 11) is 1.61. The van der Waals surface area contributed by atoms with Crippen molar-refractivity contribution in [3.8, 4) is 17.2 Å². The van der Waals surface area contributed by atoms with Gasteiger partial charge in [-0.25, -0.2) is 0 Å². The number of hydrogen-bond donors (Lipinski definition) is 0. The van der Waals surface area contributed by atoms with Crippen LogP contribution in [0.5, 0.6) is 17.2 Å². The zero-order valence-electron chi connectivity index (χ0n) is 14.3. The fourth-order valence-corrected chi connectivity index (χ4v) is 2.02. The van der Waals surface area contributed by atoms with Gasteiger partial charge in [-0.3, -0.25) is 0 Å². The first-order chi connectivity index (χ1) is 11.7. The lowest BCUT2D eigenvalue weighted by molar-refractivity contribution is 0.108. The average Bonchev–Trinajstić information content (AvgIpc) is 2.60. The van der Waals surface area contributed by atoms with Gasteiger partial charge in [0.25, 0.3) is 0 Å². The Morgan fingerprint density at radius 2 is 1.75 bits per heavy atom. The Morgan fingerprint density at radius 3 is 2.46 bits per heavy atom. The molecule has 0 unspecified atom stereocenters. The molecule has 128 valence electrons. The van der Waals surface area contributed by atoms with Crippen LogP contribution in [0.3, 0.4) is 0 Å². The number of ether oxygens (including phenoxy) is 3. The van der Waals surface area contributed by atoms with Gasteiger partial charge in [-0.1, -0.05) is 22.9 Å². The molecule has 0 spiro atoms. The molecule has 0 fully saturated rings. The van der Waals surface area contributed by atoms with Crippen molar-refractivity contribution in [2.75, 3.05) is 26.9 Å². The van der Waals surface area contributed by atoms with Crippen molar-refractivity contribution in [2.45, 2.75) is 13.8 Å². The Bertz CT molecular complexity index is 653. The highest BCUT2D eigenvalue weighted by Gasteiger charge is 2.04. The molecule has 0 aliphatic rings. The lowest BCUT2D eigenvalue weighted by Gasteiger charge is -2.09. The highest BCUT2D eigenvalue weighted by Crippen LogP contribution is 2.27. The minimum absolute atomic E-state index is 0.374. The van der Waals surface area contributed by atoms with Gasteiger partial charge in [0.15, 0.2) is 18.1 Å². The molecule has 0 aliphatic carbocycles. The lowest BCUT2D eigenvalue weighted by atomic mass is 10.2. The summed E-state index contributed by atoms with van der Waals surface area (Å²) < 4.78 is 16.3. The zero-order valence-corrected chi connectivity index (χ0v) is 14.3. The number of aryl methyl sites for hydroxylation is 1. The van der Waals surface area contributed by atoms with Crippen LogP contribution in [-0.4, -0.2) is 33.1 Å². The van der Waals surface area contributed by atoms with Crippen LogP contribution in [-0.2, 0) is 4.84 Å². The van der Waals surface area contributed by atoms with Gasteiger partial charge in [0.2, 0.25) is 0 Å². The van der Waals surface area contributed by atoms with Gasteiger partial charge >= 0.3 is 0 Å². The summed E-state index contributed by atoms with van der Waals surface area (Å²) in [5.74, 6) is 2.21. The van der Waals surface area contributed by atoms with Crippen LogP contribution < -0.4 is 14.2 Å². The molecule has 0 atom stereocenters. The number of nitrogens with zero attached hydrogens (tertiary/aromatic N) is 1. The van der Waals surface area contributed by atoms with E-state index in [1.54, 1.807) is 13.3 Å². The predicted molar refractivity (Wildman–Crippen MR) is 94.4 cm³/mol. The Balaban J connectivity index is 1.76. The first-order valence-electron chi connectivity index (χ1n) is 7.88. The van der Waals surface area contributed by atoms with Crippen LogP contribution in [0.1, 0.15) is 18.1 Å². The van der Waals surface area contributed by atoms with E-state index in [0.29, 0.717) is 31.3 Å². The van der Waals surface area contributed by atoms with Gasteiger partial charge in [-0.2, -0.15) is 0 Å². The number of oxime groups is 1. The first-order valence-corrected chi connectivity index (χ1v) is 7.88. The van der Waals surface area contributed by atoms with Crippen molar-refractivity contribution < 1.29 is 19.0 Å². The summed E-state index contributed by atoms with van der Waals surface area (Å²) >= 11 is 0. The SMILES string of the molecule is CCOc1ccc(/C=N/OCCOc2ccc(C)cc2)cc1OC. The zero-order chi connectivity index (χ0) is 17.2. The van der Waals surface area contributed by atoms with E-state index < -0.39 is 0 Å². The molecule has 0 saturated heterocycles. The Labute approximate surface area is 142 Å². The molecule has 2 aromatic rings. The van der Waals surface area contributed by atoms with Crippen LogP contribution in [0, 0.1) is 6.92 Å². The summed E-state index contributed by atoms with van der Waals surface area (Å²) in [6, 6.07) is 13.5. The second-order valence-electron chi connectivity index (χ2n) is 5.07. The maximum absolute atomic E-state index is 5.56. The van der Waals surface area contributed by atoms with Crippen LogP contribution in [0.2, 0.25) is 0 Å². The monoisotopic (exact) mass is 329 g/mol. The number of methoxy groups -OCH3 is 1. The summed E-state index contributed by atoms with van der Waals surface area (Å²) in [6.07, 6.45) is 1.63. The third-order valence-electron chi connectivity index (χ3n) is 3.23. The molecule has 5 heteroatoms. The third-order valence-corrected chi connectivity index (χ3v) is 3.23. The average molecular weight is 329 g/mol. The molecule has 5 nitrogen and oxygen atoms in total. The first kappa shape index (κ1) is 17.7. The molecule has 2 aromatic carbocycles. The third kappa shape index (κ3) is 5.50. The number of rotatable bonds is 9. The van der Waals surface area contributed by atoms with E-state index >= 15 is 0 Å². The largest absolute Gasteiger partial charge is 0.493 e. The maximum Gasteiger partial charge on any atom is 0.161 e. The molecule has 2 rings (SSSR count). The molecular weight excluding hydrogens is 306 g/mol. The number of benzene rings is 2. The van der Waals surface area contributed by atoms with Crippen LogP contribution >= 0.6 is 0 Å². The van der Waals surface area contributed by atoms with Crippen molar-refractivity contribution in [1.82, 2.24) is 0 Å². The van der Waals surface area contributed by atoms with E-state index in [1.165, 1.54) is 5.56 Å². The van der Waals surface area contributed by atoms with Crippen LogP contribution in [0.15, 0.2) is 47.6 Å². The molecule has 0 amide bonds. The molecule has 0 N–H and O–H groups in total. The van der Waals surface area contributed by atoms with E-state index in [-0.39, 0.29) is 0 Å². The molecule has 0 bridgehead atoms. The molecule has 0 heterocycles. The van der Waals surface area contributed by atoms with Gasteiger partial charge in [0.05, 0.1) is 19.9 Å². The van der Waals surface area contributed by atoms with Crippen molar-refractivity contribution >= 4 is 6.21 Å². The van der Waals surface area contributed by atoms with Crippen molar-refractivity contribution in [2.24, 2.45) is 5.16 Å². The minimum Gasteiger partial charge on any atom is -0.493 e. The highest BCUT2D eigenvalue weighted by atomic mass is 16.6. The van der Waals surface area contributed by atoms with E-state index in [1.807, 2.05) is 56.3 Å². The molecule has 0 saturated carbocycles. The topological polar surface area (TPSA) is 49.3 Å². The quantitative estimate of drug-likeness (QED) is 0.398. The van der Waals surface area contributed by atoms with Crippen LogP contribution in [0.4, 0.5) is 0 Å². The summed E-state index contributed by atoms with van der Waals surface area (Å²) in [4.78, 5) is 5.21. The van der Waals surface area contributed by atoms with E-state index in [0.717, 1.165) is 11.3 Å². The normalized spacial score (nSPS) is 10.6. The lowest BCUT2D eigenvalue weighted by Crippen LogP contribution is -2.04. The number of hydrogen-bond acceptors (Lipinski definition) is 5. The second kappa shape index (κ2) is 9.45. The summed E-state index contributed by atoms with van der Waals surface area (Å²) in [6.45, 7) is 5.37. The van der Waals surface area contributed by atoms with Crippen molar-refractivity contribution in [3.63, 3.8) is 0 Å². The van der Waals surface area contributed by atoms with E-state index in [4.69, 9.17) is 19.0 Å². The molecule has 0 aromatic heterocycles. The fraction of sp³-hybridized carbons (Fsp3) is 0.316. The van der Waals surface area contributed by atoms with Crippen molar-refractivity contribution in [3.05, 3.63) is 53.6 Å². The van der Waals surface area contributed by atoms with Crippen molar-refractivity contribution in [1.29, 1.82) is 0 Å². The summed E-state index contributed by atoms with van der Waals surface area (Å²) in [5.41, 5.74) is 2.07. The second-order valence-corrected chi connectivity index (χ2v) is 5.07.